The SMILES string of the molecule is O=C(CSc1ncnc2c1cnn2-c1ccccc1)Nc1cccc(C(F)(F)F)c1. The molecule has 4 aromatic rings. The van der Waals surface area contributed by atoms with Crippen molar-refractivity contribution in [2.75, 3.05) is 11.1 Å². The Hall–Kier alpha value is -3.40. The molecule has 0 aliphatic heterocycles. The Labute approximate surface area is 173 Å². The second-order valence-electron chi connectivity index (χ2n) is 6.22. The molecular formula is C20H14F3N5OS. The number of hydrogen-bond donors (Lipinski definition) is 1. The normalized spacial score (nSPS) is 11.6. The van der Waals surface area contributed by atoms with Gasteiger partial charge in [-0.1, -0.05) is 36.0 Å². The standard InChI is InChI=1S/C20H14F3N5OS/c21-20(22,23)13-5-4-6-14(9-13)27-17(29)11-30-19-16-10-26-28(18(16)24-12-25-19)15-7-2-1-3-8-15/h1-10,12H,11H2,(H,27,29). The molecule has 0 aliphatic carbocycles. The van der Waals surface area contributed by atoms with Gasteiger partial charge in [0.05, 0.1) is 28.6 Å². The molecule has 0 saturated carbocycles. The van der Waals surface area contributed by atoms with Crippen molar-refractivity contribution in [3.63, 3.8) is 0 Å². The Morgan fingerprint density at radius 2 is 1.87 bits per heavy atom. The minimum atomic E-state index is -4.47. The summed E-state index contributed by atoms with van der Waals surface area (Å²) in [6.45, 7) is 0. The van der Waals surface area contributed by atoms with Crippen LogP contribution >= 0.6 is 11.8 Å². The maximum Gasteiger partial charge on any atom is 0.416 e. The molecule has 6 nitrogen and oxygen atoms in total. The smallest absolute Gasteiger partial charge is 0.325 e. The third-order valence-electron chi connectivity index (χ3n) is 4.14. The molecule has 10 heteroatoms. The average molecular weight is 429 g/mol. The molecule has 2 aromatic heterocycles. The highest BCUT2D eigenvalue weighted by Gasteiger charge is 2.30. The van der Waals surface area contributed by atoms with Crippen molar-refractivity contribution in [3.8, 4) is 5.69 Å². The molecule has 1 amide bonds. The molecule has 0 unspecified atom stereocenters. The van der Waals surface area contributed by atoms with Crippen LogP contribution < -0.4 is 5.32 Å². The highest BCUT2D eigenvalue weighted by atomic mass is 32.2. The van der Waals surface area contributed by atoms with Crippen LogP contribution in [0.25, 0.3) is 16.7 Å². The Bertz CT molecular complexity index is 1190. The van der Waals surface area contributed by atoms with Crippen molar-refractivity contribution in [2.45, 2.75) is 11.2 Å². The molecule has 2 aromatic carbocycles. The summed E-state index contributed by atoms with van der Waals surface area (Å²) < 4.78 is 40.1. The van der Waals surface area contributed by atoms with E-state index in [4.69, 9.17) is 0 Å². The van der Waals surface area contributed by atoms with Gasteiger partial charge >= 0.3 is 6.18 Å². The molecule has 0 saturated heterocycles. The van der Waals surface area contributed by atoms with Crippen LogP contribution in [0.1, 0.15) is 5.56 Å². The average Bonchev–Trinajstić information content (AvgIpc) is 3.17. The van der Waals surface area contributed by atoms with Gasteiger partial charge in [-0.3, -0.25) is 4.79 Å². The number of hydrogen-bond acceptors (Lipinski definition) is 5. The van der Waals surface area contributed by atoms with E-state index >= 15 is 0 Å². The lowest BCUT2D eigenvalue weighted by molar-refractivity contribution is -0.137. The molecule has 152 valence electrons. The summed E-state index contributed by atoms with van der Waals surface area (Å²) in [4.78, 5) is 20.7. The lowest BCUT2D eigenvalue weighted by Gasteiger charge is -2.10. The van der Waals surface area contributed by atoms with Gasteiger partial charge in [-0.15, -0.1) is 0 Å². The number of halogens is 3. The molecule has 0 fully saturated rings. The first-order chi connectivity index (χ1) is 14.4. The predicted molar refractivity (Wildman–Crippen MR) is 107 cm³/mol. The quantitative estimate of drug-likeness (QED) is 0.372. The van der Waals surface area contributed by atoms with Crippen LogP contribution in [0.2, 0.25) is 0 Å². The van der Waals surface area contributed by atoms with Crippen molar-refractivity contribution in [3.05, 3.63) is 72.7 Å². The molecule has 2 heterocycles. The third kappa shape index (κ3) is 4.28. The number of fused-ring (bicyclic) bond motifs is 1. The van der Waals surface area contributed by atoms with Crippen LogP contribution in [-0.4, -0.2) is 31.4 Å². The minimum absolute atomic E-state index is 0.0289. The second kappa shape index (κ2) is 8.15. The summed E-state index contributed by atoms with van der Waals surface area (Å²) in [7, 11) is 0. The van der Waals surface area contributed by atoms with Crippen LogP contribution in [0.5, 0.6) is 0 Å². The molecule has 0 aliphatic rings. The summed E-state index contributed by atoms with van der Waals surface area (Å²) in [5, 5.41) is 8.06. The van der Waals surface area contributed by atoms with E-state index in [9.17, 15) is 18.0 Å². The maximum atomic E-state index is 12.8. The van der Waals surface area contributed by atoms with Gasteiger partial charge in [0.15, 0.2) is 5.65 Å². The zero-order valence-corrected chi connectivity index (χ0v) is 16.1. The summed E-state index contributed by atoms with van der Waals surface area (Å²) in [5.74, 6) is -0.472. The fraction of sp³-hybridized carbons (Fsp3) is 0.100. The van der Waals surface area contributed by atoms with Crippen molar-refractivity contribution in [2.24, 2.45) is 0 Å². The van der Waals surface area contributed by atoms with Crippen molar-refractivity contribution in [1.29, 1.82) is 0 Å². The summed E-state index contributed by atoms with van der Waals surface area (Å²) in [6, 6.07) is 14.0. The van der Waals surface area contributed by atoms with Crippen molar-refractivity contribution in [1.82, 2.24) is 19.7 Å². The van der Waals surface area contributed by atoms with E-state index in [-0.39, 0.29) is 11.4 Å². The van der Waals surface area contributed by atoms with E-state index in [0.717, 1.165) is 29.6 Å². The van der Waals surface area contributed by atoms with E-state index in [1.807, 2.05) is 30.3 Å². The number of benzene rings is 2. The van der Waals surface area contributed by atoms with Gasteiger partial charge in [0.1, 0.15) is 11.4 Å². The number of para-hydroxylation sites is 1. The second-order valence-corrected chi connectivity index (χ2v) is 7.19. The number of carbonyl (C=O) groups excluding carboxylic acids is 1. The van der Waals surface area contributed by atoms with Gasteiger partial charge in [-0.25, -0.2) is 14.6 Å². The Kier molecular flexibility index (Phi) is 5.40. The molecule has 1 N–H and O–H groups in total. The van der Waals surface area contributed by atoms with E-state index in [0.29, 0.717) is 16.1 Å². The lowest BCUT2D eigenvalue weighted by atomic mass is 10.2. The van der Waals surface area contributed by atoms with Crippen LogP contribution in [0.3, 0.4) is 0 Å². The van der Waals surface area contributed by atoms with Crippen LogP contribution in [0, 0.1) is 0 Å². The lowest BCUT2D eigenvalue weighted by Crippen LogP contribution is -2.15. The number of thioether (sulfide) groups is 1. The Morgan fingerprint density at radius 1 is 1.07 bits per heavy atom. The Balaban J connectivity index is 1.48. The number of alkyl halides is 3. The molecule has 0 atom stereocenters. The first-order valence-corrected chi connectivity index (χ1v) is 9.74. The van der Waals surface area contributed by atoms with E-state index < -0.39 is 17.6 Å². The van der Waals surface area contributed by atoms with Gasteiger partial charge in [-0.2, -0.15) is 18.3 Å². The predicted octanol–water partition coefficient (Wildman–Crippen LogP) is 4.57. The number of aromatic nitrogens is 4. The van der Waals surface area contributed by atoms with Crippen molar-refractivity contribution >= 4 is 34.4 Å². The fourth-order valence-corrected chi connectivity index (χ4v) is 3.56. The number of amides is 1. The minimum Gasteiger partial charge on any atom is -0.325 e. The van der Waals surface area contributed by atoms with Gasteiger partial charge in [0, 0.05) is 5.69 Å². The molecular weight excluding hydrogens is 415 g/mol. The number of nitrogens with one attached hydrogen (secondary N) is 1. The zero-order chi connectivity index (χ0) is 21.1. The Morgan fingerprint density at radius 3 is 2.63 bits per heavy atom. The molecule has 0 radical (unpaired) electrons. The van der Waals surface area contributed by atoms with Gasteiger partial charge in [0.2, 0.25) is 5.91 Å². The first-order valence-electron chi connectivity index (χ1n) is 8.76. The fourth-order valence-electron chi connectivity index (χ4n) is 2.80. The van der Waals surface area contributed by atoms with Gasteiger partial charge in [-0.05, 0) is 30.3 Å². The largest absolute Gasteiger partial charge is 0.416 e. The number of nitrogens with zero attached hydrogens (tertiary/aromatic N) is 4. The van der Waals surface area contributed by atoms with Gasteiger partial charge < -0.3 is 5.32 Å². The molecule has 0 bridgehead atoms. The third-order valence-corrected chi connectivity index (χ3v) is 5.15. The molecule has 4 rings (SSSR count). The summed E-state index contributed by atoms with van der Waals surface area (Å²) in [5.41, 5.74) is 0.695. The van der Waals surface area contributed by atoms with Gasteiger partial charge in [0.25, 0.3) is 0 Å². The van der Waals surface area contributed by atoms with Crippen LogP contribution in [0.15, 0.2) is 72.1 Å². The van der Waals surface area contributed by atoms with Crippen LogP contribution in [-0.2, 0) is 11.0 Å². The van der Waals surface area contributed by atoms with E-state index in [1.54, 1.807) is 10.9 Å². The maximum absolute atomic E-state index is 12.8. The highest BCUT2D eigenvalue weighted by molar-refractivity contribution is 8.00. The van der Waals surface area contributed by atoms with Crippen molar-refractivity contribution < 1.29 is 18.0 Å². The van der Waals surface area contributed by atoms with E-state index in [1.165, 1.54) is 18.5 Å². The summed E-state index contributed by atoms with van der Waals surface area (Å²) in [6.07, 6.45) is -1.47. The highest BCUT2D eigenvalue weighted by Crippen LogP contribution is 2.31. The zero-order valence-electron chi connectivity index (χ0n) is 15.3. The number of anilines is 1. The first kappa shape index (κ1) is 19.9. The molecule has 30 heavy (non-hydrogen) atoms. The molecule has 0 spiro atoms. The topological polar surface area (TPSA) is 72.7 Å². The van der Waals surface area contributed by atoms with Crippen LogP contribution in [0.4, 0.5) is 18.9 Å². The monoisotopic (exact) mass is 429 g/mol. The number of rotatable bonds is 5. The summed E-state index contributed by atoms with van der Waals surface area (Å²) >= 11 is 1.16. The van der Waals surface area contributed by atoms with E-state index in [2.05, 4.69) is 20.4 Å². The number of carbonyl (C=O) groups is 1.